The van der Waals surface area contributed by atoms with Crippen molar-refractivity contribution in [2.45, 2.75) is 5.75 Å². The number of sulfonamides is 1. The molecule has 0 bridgehead atoms. The van der Waals surface area contributed by atoms with Gasteiger partial charge in [0.25, 0.3) is 5.91 Å². The minimum atomic E-state index is -3.32. The molecule has 0 heterocycles. The molecule has 158 valence electrons. The van der Waals surface area contributed by atoms with Gasteiger partial charge in [0.05, 0.1) is 11.9 Å². The first-order chi connectivity index (χ1) is 13.7. The SMILES string of the molecule is CN(c1ccc(OCC(=O)NCCSCc2c(Cl)cccc2Cl)cc1)S(C)(=O)=O. The van der Waals surface area contributed by atoms with Crippen molar-refractivity contribution in [3.05, 3.63) is 58.1 Å². The number of thioether (sulfide) groups is 1. The fourth-order valence-electron chi connectivity index (χ4n) is 2.25. The summed E-state index contributed by atoms with van der Waals surface area (Å²) in [6.45, 7) is 0.370. The zero-order chi connectivity index (χ0) is 21.4. The van der Waals surface area contributed by atoms with E-state index >= 15 is 0 Å². The van der Waals surface area contributed by atoms with Crippen LogP contribution < -0.4 is 14.4 Å². The van der Waals surface area contributed by atoms with Gasteiger partial charge in [-0.25, -0.2) is 8.42 Å². The van der Waals surface area contributed by atoms with E-state index in [2.05, 4.69) is 5.32 Å². The third-order valence-corrected chi connectivity index (χ3v) is 6.84. The van der Waals surface area contributed by atoms with Gasteiger partial charge in [-0.05, 0) is 42.0 Å². The predicted molar refractivity (Wildman–Crippen MR) is 121 cm³/mol. The molecule has 0 aliphatic carbocycles. The highest BCUT2D eigenvalue weighted by molar-refractivity contribution is 7.98. The lowest BCUT2D eigenvalue weighted by Gasteiger charge is -2.16. The lowest BCUT2D eigenvalue weighted by molar-refractivity contribution is -0.122. The lowest BCUT2D eigenvalue weighted by Crippen LogP contribution is -2.30. The number of ether oxygens (including phenoxy) is 1. The molecule has 0 spiro atoms. The number of rotatable bonds is 10. The second-order valence-corrected chi connectivity index (χ2v) is 10.0. The molecule has 0 unspecified atom stereocenters. The Hall–Kier alpha value is -1.61. The van der Waals surface area contributed by atoms with E-state index in [4.69, 9.17) is 27.9 Å². The summed E-state index contributed by atoms with van der Waals surface area (Å²) in [6, 6.07) is 11.9. The summed E-state index contributed by atoms with van der Waals surface area (Å²) in [4.78, 5) is 11.9. The van der Waals surface area contributed by atoms with Crippen LogP contribution in [0.3, 0.4) is 0 Å². The van der Waals surface area contributed by atoms with Gasteiger partial charge in [-0.2, -0.15) is 11.8 Å². The molecule has 10 heteroatoms. The second kappa shape index (κ2) is 11.0. The minimum Gasteiger partial charge on any atom is -0.484 e. The van der Waals surface area contributed by atoms with E-state index in [0.29, 0.717) is 39.5 Å². The first kappa shape index (κ1) is 23.7. The fraction of sp³-hybridized carbons (Fsp3) is 0.316. The summed E-state index contributed by atoms with van der Waals surface area (Å²) in [5.74, 6) is 1.62. The molecule has 2 aromatic rings. The molecular formula is C19H22Cl2N2O4S2. The van der Waals surface area contributed by atoms with Gasteiger partial charge < -0.3 is 10.1 Å². The first-order valence-corrected chi connectivity index (χ1v) is 12.4. The lowest BCUT2D eigenvalue weighted by atomic mass is 10.2. The predicted octanol–water partition coefficient (Wildman–Crippen LogP) is 3.82. The molecule has 0 atom stereocenters. The zero-order valence-corrected chi connectivity index (χ0v) is 19.2. The van der Waals surface area contributed by atoms with Crippen LogP contribution in [0.15, 0.2) is 42.5 Å². The van der Waals surface area contributed by atoms with Crippen LogP contribution in [0.2, 0.25) is 10.0 Å². The van der Waals surface area contributed by atoms with Crippen molar-refractivity contribution >= 4 is 56.6 Å². The number of benzene rings is 2. The van der Waals surface area contributed by atoms with Gasteiger partial charge in [0.1, 0.15) is 5.75 Å². The Morgan fingerprint density at radius 2 is 1.76 bits per heavy atom. The third-order valence-electron chi connectivity index (χ3n) is 3.94. The van der Waals surface area contributed by atoms with Crippen molar-refractivity contribution in [1.29, 1.82) is 0 Å². The Balaban J connectivity index is 1.68. The molecule has 6 nitrogen and oxygen atoms in total. The van der Waals surface area contributed by atoms with Gasteiger partial charge in [-0.3, -0.25) is 9.10 Å². The average molecular weight is 477 g/mol. The number of amides is 1. The normalized spacial score (nSPS) is 11.2. The number of hydrogen-bond acceptors (Lipinski definition) is 5. The first-order valence-electron chi connectivity index (χ1n) is 8.62. The number of carbonyl (C=O) groups is 1. The van der Waals surface area contributed by atoms with Crippen molar-refractivity contribution in [2.24, 2.45) is 0 Å². The van der Waals surface area contributed by atoms with Gasteiger partial charge in [0.2, 0.25) is 10.0 Å². The number of nitrogens with zero attached hydrogens (tertiary/aromatic N) is 1. The van der Waals surface area contributed by atoms with Crippen LogP contribution in [-0.2, 0) is 20.6 Å². The van der Waals surface area contributed by atoms with Crippen molar-refractivity contribution < 1.29 is 17.9 Å². The van der Waals surface area contributed by atoms with E-state index in [9.17, 15) is 13.2 Å². The van der Waals surface area contributed by atoms with Gasteiger partial charge in [-0.1, -0.05) is 29.3 Å². The van der Waals surface area contributed by atoms with Crippen LogP contribution in [0.1, 0.15) is 5.56 Å². The maximum absolute atomic E-state index is 11.9. The zero-order valence-electron chi connectivity index (χ0n) is 16.0. The Morgan fingerprint density at radius 3 is 2.34 bits per heavy atom. The van der Waals surface area contributed by atoms with Crippen molar-refractivity contribution in [2.75, 3.05) is 36.5 Å². The van der Waals surface area contributed by atoms with E-state index < -0.39 is 10.0 Å². The molecule has 0 saturated carbocycles. The van der Waals surface area contributed by atoms with Crippen molar-refractivity contribution in [3.63, 3.8) is 0 Å². The molecule has 1 N–H and O–H groups in total. The van der Waals surface area contributed by atoms with E-state index in [0.717, 1.165) is 16.1 Å². The third kappa shape index (κ3) is 7.62. The Bertz CT molecular complexity index is 917. The van der Waals surface area contributed by atoms with Gasteiger partial charge in [0.15, 0.2) is 6.61 Å². The highest BCUT2D eigenvalue weighted by Crippen LogP contribution is 2.28. The van der Waals surface area contributed by atoms with Crippen LogP contribution in [0.4, 0.5) is 5.69 Å². The molecule has 0 aliphatic rings. The maximum Gasteiger partial charge on any atom is 0.257 e. The standard InChI is InChI=1S/C19H22Cl2N2O4S2/c1-23(29(2,25)26)14-6-8-15(9-7-14)27-12-19(24)22-10-11-28-13-16-17(20)4-3-5-18(16)21/h3-9H,10-13H2,1-2H3,(H,22,24). The molecule has 2 aromatic carbocycles. The van der Waals surface area contributed by atoms with E-state index in [1.807, 2.05) is 0 Å². The van der Waals surface area contributed by atoms with Crippen LogP contribution in [-0.4, -0.2) is 46.5 Å². The number of nitrogens with one attached hydrogen (secondary N) is 1. The largest absolute Gasteiger partial charge is 0.484 e. The smallest absolute Gasteiger partial charge is 0.257 e. The second-order valence-electron chi connectivity index (χ2n) is 6.12. The molecule has 29 heavy (non-hydrogen) atoms. The molecule has 0 aromatic heterocycles. The number of halogens is 2. The summed E-state index contributed by atoms with van der Waals surface area (Å²) in [6.07, 6.45) is 1.13. The van der Waals surface area contributed by atoms with E-state index in [-0.39, 0.29) is 12.5 Å². The van der Waals surface area contributed by atoms with Crippen LogP contribution in [0.5, 0.6) is 5.75 Å². The summed E-state index contributed by atoms with van der Waals surface area (Å²) in [5.41, 5.74) is 1.40. The molecule has 0 radical (unpaired) electrons. The number of hydrogen-bond donors (Lipinski definition) is 1. The molecule has 0 aliphatic heterocycles. The molecule has 0 fully saturated rings. The maximum atomic E-state index is 11.9. The van der Waals surface area contributed by atoms with E-state index in [1.54, 1.807) is 54.2 Å². The summed E-state index contributed by atoms with van der Waals surface area (Å²) >= 11 is 13.9. The topological polar surface area (TPSA) is 75.7 Å². The molecule has 1 amide bonds. The molecular weight excluding hydrogens is 455 g/mol. The monoisotopic (exact) mass is 476 g/mol. The Kier molecular flexibility index (Phi) is 8.95. The quantitative estimate of drug-likeness (QED) is 0.527. The van der Waals surface area contributed by atoms with Crippen molar-refractivity contribution in [1.82, 2.24) is 5.32 Å². The minimum absolute atomic E-state index is 0.123. The Morgan fingerprint density at radius 1 is 1.14 bits per heavy atom. The van der Waals surface area contributed by atoms with Gasteiger partial charge >= 0.3 is 0 Å². The fourth-order valence-corrected chi connectivity index (χ4v) is 4.35. The summed E-state index contributed by atoms with van der Waals surface area (Å²) < 4.78 is 29.6. The number of carbonyl (C=O) groups excluding carboxylic acids is 1. The average Bonchev–Trinajstić information content (AvgIpc) is 2.67. The highest BCUT2D eigenvalue weighted by Gasteiger charge is 2.12. The van der Waals surface area contributed by atoms with Crippen molar-refractivity contribution in [3.8, 4) is 5.75 Å². The highest BCUT2D eigenvalue weighted by atomic mass is 35.5. The van der Waals surface area contributed by atoms with Crippen LogP contribution >= 0.6 is 35.0 Å². The Labute approximate surface area is 185 Å². The van der Waals surface area contributed by atoms with Crippen LogP contribution in [0, 0.1) is 0 Å². The van der Waals surface area contributed by atoms with Gasteiger partial charge in [-0.15, -0.1) is 0 Å². The van der Waals surface area contributed by atoms with Gasteiger partial charge in [0, 0.05) is 35.1 Å². The van der Waals surface area contributed by atoms with Crippen LogP contribution in [0.25, 0.3) is 0 Å². The number of anilines is 1. The summed E-state index contributed by atoms with van der Waals surface area (Å²) in [7, 11) is -1.85. The van der Waals surface area contributed by atoms with E-state index in [1.165, 1.54) is 7.05 Å². The molecule has 0 saturated heterocycles. The summed E-state index contributed by atoms with van der Waals surface area (Å²) in [5, 5.41) is 4.05. The molecule has 2 rings (SSSR count).